The number of carboxylic acids is 1. The van der Waals surface area contributed by atoms with E-state index in [-0.39, 0.29) is 47.8 Å². The number of imidazole rings is 1. The molecule has 310 valence electrons. The molecule has 2 amide bonds. The second kappa shape index (κ2) is 18.9. The van der Waals surface area contributed by atoms with E-state index in [1.54, 1.807) is 0 Å². The maximum Gasteiger partial charge on any atom is 0.481 e. The maximum atomic E-state index is 12.6. The van der Waals surface area contributed by atoms with Crippen LogP contribution in [0.15, 0.2) is 23.3 Å². The average Bonchev–Trinajstić information content (AvgIpc) is 3.64. The highest BCUT2D eigenvalue weighted by molar-refractivity contribution is 8.02. The van der Waals surface area contributed by atoms with Crippen LogP contribution in [0, 0.1) is 5.41 Å². The number of hydrogen-bond donors (Lipinski definition) is 11. The fourth-order valence-electron chi connectivity index (χ4n) is 4.48. The number of amides is 2. The van der Waals surface area contributed by atoms with Crippen LogP contribution in [0.1, 0.15) is 33.4 Å². The van der Waals surface area contributed by atoms with Crippen molar-refractivity contribution in [3.05, 3.63) is 23.3 Å². The summed E-state index contributed by atoms with van der Waals surface area (Å²) in [5.74, 6) is -2.76. The number of anilines is 1. The summed E-state index contributed by atoms with van der Waals surface area (Å²) in [5.41, 5.74) is 3.93. The van der Waals surface area contributed by atoms with Gasteiger partial charge >= 0.3 is 29.4 Å². The van der Waals surface area contributed by atoms with E-state index >= 15 is 0 Å². The number of phosphoric acid groups is 3. The zero-order valence-corrected chi connectivity index (χ0v) is 32.5. The standard InChI is InChI=1S/C25H40N7O19P3S/c1-12(23(37)38)24(39)55-7-6-27-14(33)4-5-28-21(36)18(35)25(2,3)9-48-54(45,46)51-53(43,44)47-8-13-17(50-52(40,41)42)16(34)22(49-13)32-11-31-15-19(26)29-10-30-20(15)32/h10-11,13,16-18,22,34-35,39H,4-9H2,1-3H3,(H,27,33)(H,28,36)(H,37,38)(H,43,44)(H,45,46)(H2,26,29,30)(H2,40,41,42)/b24-12+/t13-,16-,17-,18+,22-/m1/s1. The molecule has 55 heavy (non-hydrogen) atoms. The molecule has 1 fully saturated rings. The molecule has 1 saturated heterocycles. The summed E-state index contributed by atoms with van der Waals surface area (Å²) in [6.45, 7) is 1.37. The van der Waals surface area contributed by atoms with Crippen LogP contribution in [0.4, 0.5) is 5.82 Å². The predicted octanol–water partition coefficient (Wildman–Crippen LogP) is -0.988. The highest BCUT2D eigenvalue weighted by Crippen LogP contribution is 2.61. The van der Waals surface area contributed by atoms with Gasteiger partial charge in [0.05, 0.1) is 25.1 Å². The number of nitrogen functional groups attached to an aromatic ring is 1. The van der Waals surface area contributed by atoms with Gasteiger partial charge < -0.3 is 61.1 Å². The van der Waals surface area contributed by atoms with E-state index in [1.165, 1.54) is 20.8 Å². The number of carbonyl (C=O) groups excluding carboxylic acids is 2. The molecule has 12 N–H and O–H groups in total. The third kappa shape index (κ3) is 13.5. The van der Waals surface area contributed by atoms with Gasteiger partial charge in [0, 0.05) is 30.7 Å². The van der Waals surface area contributed by atoms with Gasteiger partial charge in [0.2, 0.25) is 11.8 Å². The summed E-state index contributed by atoms with van der Waals surface area (Å²) >= 11 is 0.800. The van der Waals surface area contributed by atoms with Crippen molar-refractivity contribution in [3.8, 4) is 0 Å². The Morgan fingerprint density at radius 2 is 1.71 bits per heavy atom. The average molecular weight is 868 g/mol. The number of aliphatic hydroxyl groups is 3. The highest BCUT2D eigenvalue weighted by atomic mass is 32.2. The number of rotatable bonds is 21. The number of carboxylic acid groups (broad SMARTS) is 1. The summed E-state index contributed by atoms with van der Waals surface area (Å²) in [6, 6.07) is 0. The Balaban J connectivity index is 1.51. The molecule has 1 aliphatic heterocycles. The van der Waals surface area contributed by atoms with Gasteiger partial charge in [0.1, 0.15) is 36.3 Å². The minimum atomic E-state index is -5.59. The first-order valence-electron chi connectivity index (χ1n) is 15.5. The van der Waals surface area contributed by atoms with Crippen LogP contribution in [-0.4, -0.2) is 134 Å². The lowest BCUT2D eigenvalue weighted by atomic mass is 9.87. The van der Waals surface area contributed by atoms with Gasteiger partial charge in [-0.1, -0.05) is 25.6 Å². The largest absolute Gasteiger partial charge is 0.502 e. The SMILES string of the molecule is C/C(C(=O)O)=C(/O)SCCNC(=O)CCNC(=O)[C@H](O)C(C)(C)COP(=O)(O)OP(=O)(O)OC[C@H]1O[C@@H](n2cnc3c(N)ncnc32)[C@H](O)[C@@H]1OP(=O)(O)O. The van der Waals surface area contributed by atoms with Gasteiger partial charge in [-0.25, -0.2) is 33.4 Å². The smallest absolute Gasteiger partial charge is 0.481 e. The number of nitrogens with two attached hydrogens (primary N) is 1. The second-order valence-electron chi connectivity index (χ2n) is 12.2. The number of hydrogen-bond acceptors (Lipinski definition) is 19. The summed E-state index contributed by atoms with van der Waals surface area (Å²) < 4.78 is 61.9. The molecule has 7 atom stereocenters. The van der Waals surface area contributed by atoms with Crippen molar-refractivity contribution in [3.63, 3.8) is 0 Å². The second-order valence-corrected chi connectivity index (χ2v) is 17.5. The molecule has 0 spiro atoms. The van der Waals surface area contributed by atoms with E-state index < -0.39 is 95.6 Å². The molecule has 0 aliphatic carbocycles. The van der Waals surface area contributed by atoms with Crippen molar-refractivity contribution < 1.29 is 90.7 Å². The van der Waals surface area contributed by atoms with Crippen LogP contribution in [0.25, 0.3) is 11.2 Å². The van der Waals surface area contributed by atoms with Gasteiger partial charge in [0.25, 0.3) is 0 Å². The van der Waals surface area contributed by atoms with Gasteiger partial charge in [-0.3, -0.25) is 27.7 Å². The first-order chi connectivity index (χ1) is 25.3. The molecule has 0 bridgehead atoms. The molecule has 3 rings (SSSR count). The van der Waals surface area contributed by atoms with Gasteiger partial charge in [-0.15, -0.1) is 0 Å². The van der Waals surface area contributed by atoms with Crippen molar-refractivity contribution in [1.29, 1.82) is 0 Å². The number of aromatic nitrogens is 4. The molecule has 0 radical (unpaired) electrons. The first-order valence-corrected chi connectivity index (χ1v) is 21.0. The fourth-order valence-corrected chi connectivity index (χ4v) is 8.01. The summed E-state index contributed by atoms with van der Waals surface area (Å²) in [5, 5.41) is 44.2. The van der Waals surface area contributed by atoms with Gasteiger partial charge in [0.15, 0.2) is 22.8 Å². The van der Waals surface area contributed by atoms with E-state index in [0.717, 1.165) is 29.0 Å². The first kappa shape index (κ1) is 46.3. The number of aliphatic carboxylic acids is 1. The molecule has 2 aromatic rings. The van der Waals surface area contributed by atoms with Gasteiger partial charge in [-0.2, -0.15) is 4.31 Å². The molecule has 0 saturated carbocycles. The number of aliphatic hydroxyl groups excluding tert-OH is 3. The predicted molar refractivity (Wildman–Crippen MR) is 185 cm³/mol. The number of nitrogens with zero attached hydrogens (tertiary/aromatic N) is 4. The third-order valence-electron chi connectivity index (χ3n) is 7.38. The van der Waals surface area contributed by atoms with Crippen LogP contribution in [-0.2, 0) is 50.7 Å². The van der Waals surface area contributed by atoms with Crippen LogP contribution >= 0.6 is 35.2 Å². The number of nitrogens with one attached hydrogen (secondary N) is 2. The van der Waals surface area contributed by atoms with E-state index in [1.807, 2.05) is 0 Å². The third-order valence-corrected chi connectivity index (χ3v) is 11.5. The number of carbonyl (C=O) groups is 3. The Hall–Kier alpha value is -3.10. The van der Waals surface area contributed by atoms with Crippen molar-refractivity contribution in [2.75, 3.05) is 37.8 Å². The van der Waals surface area contributed by atoms with E-state index in [0.29, 0.717) is 0 Å². The van der Waals surface area contributed by atoms with Crippen LogP contribution in [0.5, 0.6) is 0 Å². The van der Waals surface area contributed by atoms with Crippen LogP contribution in [0.3, 0.4) is 0 Å². The molecular weight excluding hydrogens is 827 g/mol. The maximum absolute atomic E-state index is 12.6. The molecule has 26 nitrogen and oxygen atoms in total. The molecule has 30 heteroatoms. The van der Waals surface area contributed by atoms with E-state index in [2.05, 4.69) is 34.4 Å². The lowest BCUT2D eigenvalue weighted by Gasteiger charge is -2.30. The molecule has 2 unspecified atom stereocenters. The van der Waals surface area contributed by atoms with Crippen molar-refractivity contribution in [2.45, 2.75) is 57.8 Å². The topological polar surface area (TPSA) is 404 Å². The monoisotopic (exact) mass is 867 g/mol. The van der Waals surface area contributed by atoms with Crippen molar-refractivity contribution in [2.24, 2.45) is 5.41 Å². The molecule has 3 heterocycles. The molecule has 2 aromatic heterocycles. The Kier molecular flexibility index (Phi) is 15.9. The number of phosphoric ester groups is 3. The fraction of sp³-hybridized carbons (Fsp3) is 0.600. The summed E-state index contributed by atoms with van der Waals surface area (Å²) in [7, 11) is -16.4. The van der Waals surface area contributed by atoms with Crippen molar-refractivity contribution in [1.82, 2.24) is 30.2 Å². The quantitative estimate of drug-likeness (QED) is 0.0310. The minimum Gasteiger partial charge on any atom is -0.502 e. The Bertz CT molecular complexity index is 1890. The number of fused-ring (bicyclic) bond motifs is 1. The van der Waals surface area contributed by atoms with Crippen LogP contribution < -0.4 is 16.4 Å². The lowest BCUT2D eigenvalue weighted by molar-refractivity contribution is -0.137. The van der Waals surface area contributed by atoms with E-state index in [9.17, 15) is 63.0 Å². The molecule has 0 aromatic carbocycles. The zero-order chi connectivity index (χ0) is 41.5. The van der Waals surface area contributed by atoms with E-state index in [4.69, 9.17) is 24.6 Å². The molecular formula is C25H40N7O19P3S. The number of thioether (sulfide) groups is 1. The normalized spacial score (nSPS) is 22.3. The zero-order valence-electron chi connectivity index (χ0n) is 29.0. The Morgan fingerprint density at radius 3 is 2.35 bits per heavy atom. The lowest BCUT2D eigenvalue weighted by Crippen LogP contribution is -2.46. The molecule has 1 aliphatic rings. The minimum absolute atomic E-state index is 0.0194. The van der Waals surface area contributed by atoms with Crippen molar-refractivity contribution >= 4 is 70.0 Å². The summed E-state index contributed by atoms with van der Waals surface area (Å²) in [6.07, 6.45) is -7.10. The number of ether oxygens (including phenoxy) is 1. The Labute approximate surface area is 314 Å². The van der Waals surface area contributed by atoms with Crippen LogP contribution in [0.2, 0.25) is 0 Å². The van der Waals surface area contributed by atoms with Gasteiger partial charge in [-0.05, 0) is 6.92 Å². The summed E-state index contributed by atoms with van der Waals surface area (Å²) in [4.78, 5) is 86.1. The Morgan fingerprint density at radius 1 is 1.05 bits per heavy atom. The highest BCUT2D eigenvalue weighted by Gasteiger charge is 2.50.